The maximum atomic E-state index is 13.5. The molecule has 5 rings (SSSR count). The number of carbonyl (C=O) groups is 2. The van der Waals surface area contributed by atoms with Crippen LogP contribution in [0.3, 0.4) is 0 Å². The van der Waals surface area contributed by atoms with Gasteiger partial charge in [-0.25, -0.2) is 4.79 Å². The fraction of sp³-hybridized carbons (Fsp3) is 0.421. The van der Waals surface area contributed by atoms with Gasteiger partial charge in [-0.3, -0.25) is 4.79 Å². The molecule has 0 unspecified atom stereocenters. The third kappa shape index (κ3) is 7.22. The number of hydrogen-bond donors (Lipinski definition) is 1. The molecule has 3 aromatic carbocycles. The van der Waals surface area contributed by atoms with E-state index in [9.17, 15) is 9.59 Å². The predicted molar refractivity (Wildman–Crippen MR) is 181 cm³/mol. The van der Waals surface area contributed by atoms with Crippen molar-refractivity contribution in [1.82, 2.24) is 9.88 Å². The van der Waals surface area contributed by atoms with Crippen LogP contribution in [-0.2, 0) is 27.9 Å². The van der Waals surface area contributed by atoms with E-state index in [1.807, 2.05) is 31.2 Å². The highest BCUT2D eigenvalue weighted by molar-refractivity contribution is 6.32. The molecule has 1 aromatic heterocycles. The Morgan fingerprint density at radius 2 is 1.73 bits per heavy atom. The van der Waals surface area contributed by atoms with E-state index in [0.29, 0.717) is 28.7 Å². The quantitative estimate of drug-likeness (QED) is 0.178. The molecule has 1 heterocycles. The van der Waals surface area contributed by atoms with Gasteiger partial charge in [-0.15, -0.1) is 0 Å². The highest BCUT2D eigenvalue weighted by atomic mass is 35.5. The summed E-state index contributed by atoms with van der Waals surface area (Å²) in [6.45, 7) is 13.4. The number of methoxy groups -OCH3 is 1. The van der Waals surface area contributed by atoms with Crippen molar-refractivity contribution >= 4 is 34.4 Å². The summed E-state index contributed by atoms with van der Waals surface area (Å²) in [7, 11) is 1.34. The number of halogens is 1. The zero-order valence-electron chi connectivity index (χ0n) is 27.5. The molecule has 1 N–H and O–H groups in total. The van der Waals surface area contributed by atoms with Crippen molar-refractivity contribution in [2.24, 2.45) is 5.92 Å². The van der Waals surface area contributed by atoms with Gasteiger partial charge in [0.15, 0.2) is 6.10 Å². The van der Waals surface area contributed by atoms with Gasteiger partial charge in [0.1, 0.15) is 5.75 Å². The van der Waals surface area contributed by atoms with Crippen LogP contribution in [0.2, 0.25) is 5.02 Å². The summed E-state index contributed by atoms with van der Waals surface area (Å²) in [5, 5.41) is 4.78. The smallest absolute Gasteiger partial charge is 0.346 e. The van der Waals surface area contributed by atoms with Crippen LogP contribution in [0.5, 0.6) is 5.75 Å². The first-order valence-corrected chi connectivity index (χ1v) is 16.3. The van der Waals surface area contributed by atoms with Gasteiger partial charge in [-0.1, -0.05) is 75.2 Å². The van der Waals surface area contributed by atoms with Crippen LogP contribution in [-0.4, -0.2) is 29.7 Å². The Kier molecular flexibility index (Phi) is 9.64. The van der Waals surface area contributed by atoms with Crippen LogP contribution in [0, 0.1) is 12.8 Å². The summed E-state index contributed by atoms with van der Waals surface area (Å²) in [5.41, 5.74) is 7.58. The van der Waals surface area contributed by atoms with Crippen LogP contribution in [0.25, 0.3) is 10.9 Å². The second-order valence-electron chi connectivity index (χ2n) is 13.5. The lowest BCUT2D eigenvalue weighted by atomic mass is 9.85. The van der Waals surface area contributed by atoms with Gasteiger partial charge in [-0.05, 0) is 97.9 Å². The molecule has 6 nitrogen and oxygen atoms in total. The first-order valence-electron chi connectivity index (χ1n) is 15.9. The van der Waals surface area contributed by atoms with Crippen molar-refractivity contribution in [1.29, 1.82) is 0 Å². The van der Waals surface area contributed by atoms with Crippen LogP contribution in [0.4, 0.5) is 0 Å². The fourth-order valence-electron chi connectivity index (χ4n) is 6.07. The normalized spacial score (nSPS) is 14.9. The summed E-state index contributed by atoms with van der Waals surface area (Å²) < 4.78 is 13.0. The average Bonchev–Trinajstić information content (AvgIpc) is 3.24. The van der Waals surface area contributed by atoms with E-state index < -0.39 is 12.1 Å². The largest absolute Gasteiger partial charge is 0.477 e. The van der Waals surface area contributed by atoms with Gasteiger partial charge < -0.3 is 19.4 Å². The van der Waals surface area contributed by atoms with Crippen molar-refractivity contribution in [3.05, 3.63) is 99.2 Å². The first-order chi connectivity index (χ1) is 21.3. The monoisotopic (exact) mass is 628 g/mol. The number of fused-ring (bicyclic) bond motifs is 1. The van der Waals surface area contributed by atoms with E-state index >= 15 is 0 Å². The Bertz CT molecular complexity index is 1700. The minimum absolute atomic E-state index is 0.0819. The van der Waals surface area contributed by atoms with E-state index in [4.69, 9.17) is 21.1 Å². The van der Waals surface area contributed by atoms with Crippen molar-refractivity contribution < 1.29 is 19.1 Å². The Morgan fingerprint density at radius 1 is 1.02 bits per heavy atom. The molecule has 0 radical (unpaired) electrons. The first kappa shape index (κ1) is 32.6. The molecule has 1 saturated carbocycles. The number of rotatable bonds is 10. The molecule has 0 spiro atoms. The van der Waals surface area contributed by atoms with E-state index in [0.717, 1.165) is 28.6 Å². The molecule has 2 atom stereocenters. The Hall–Kier alpha value is -3.77. The Labute approximate surface area is 272 Å². The minimum atomic E-state index is -0.774. The molecular formula is C38H45ClN2O4. The van der Waals surface area contributed by atoms with Crippen LogP contribution < -0.4 is 10.1 Å². The van der Waals surface area contributed by atoms with Crippen LogP contribution in [0.15, 0.2) is 60.7 Å². The molecule has 0 aliphatic heterocycles. The second-order valence-corrected chi connectivity index (χ2v) is 13.9. The van der Waals surface area contributed by atoms with Crippen molar-refractivity contribution in [3.63, 3.8) is 0 Å². The zero-order chi connectivity index (χ0) is 32.5. The number of aromatic nitrogens is 1. The summed E-state index contributed by atoms with van der Waals surface area (Å²) in [6, 6.07) is 20.1. The van der Waals surface area contributed by atoms with Gasteiger partial charge in [0.05, 0.1) is 18.2 Å². The fourth-order valence-corrected chi connectivity index (χ4v) is 6.24. The van der Waals surface area contributed by atoms with Crippen LogP contribution >= 0.6 is 11.6 Å². The van der Waals surface area contributed by atoms with Crippen LogP contribution in [0.1, 0.15) is 98.2 Å². The van der Waals surface area contributed by atoms with E-state index in [1.54, 1.807) is 13.0 Å². The van der Waals surface area contributed by atoms with Gasteiger partial charge in [0, 0.05) is 28.7 Å². The molecule has 4 aromatic rings. The highest BCUT2D eigenvalue weighted by Crippen LogP contribution is 2.35. The van der Waals surface area contributed by atoms with E-state index in [-0.39, 0.29) is 17.4 Å². The molecule has 0 saturated heterocycles. The molecule has 0 bridgehead atoms. The van der Waals surface area contributed by atoms with Crippen molar-refractivity contribution in [2.75, 3.05) is 7.11 Å². The van der Waals surface area contributed by atoms with Gasteiger partial charge in [-0.2, -0.15) is 0 Å². The number of carbonyl (C=O) groups excluding carboxylic acids is 2. The zero-order valence-corrected chi connectivity index (χ0v) is 28.3. The third-order valence-corrected chi connectivity index (χ3v) is 9.53. The lowest BCUT2D eigenvalue weighted by Gasteiger charge is -2.27. The van der Waals surface area contributed by atoms with Gasteiger partial charge in [0.25, 0.3) is 5.91 Å². The summed E-state index contributed by atoms with van der Waals surface area (Å²) in [4.78, 5) is 25.5. The Morgan fingerprint density at radius 3 is 2.36 bits per heavy atom. The maximum absolute atomic E-state index is 13.5. The molecule has 7 heteroatoms. The van der Waals surface area contributed by atoms with Crippen molar-refractivity contribution in [2.45, 2.75) is 91.3 Å². The number of hydrogen-bond acceptors (Lipinski definition) is 4. The van der Waals surface area contributed by atoms with Crippen molar-refractivity contribution in [3.8, 4) is 5.75 Å². The van der Waals surface area contributed by atoms with Gasteiger partial charge >= 0.3 is 5.97 Å². The molecule has 1 aliphatic carbocycles. The minimum Gasteiger partial charge on any atom is -0.477 e. The lowest BCUT2D eigenvalue weighted by Crippen LogP contribution is -2.26. The number of nitrogens with one attached hydrogen (secondary N) is 1. The molecule has 238 valence electrons. The second kappa shape index (κ2) is 13.3. The van der Waals surface area contributed by atoms with Gasteiger partial charge in [0.2, 0.25) is 0 Å². The molecule has 1 fully saturated rings. The SMILES string of the molecule is COC(=O)[C@@H](C)Oc1cc(Cc2c(C)n(CC3CCC3)c3cc(C(=O)N[C@@H](C)c4ccc(C(C)(C)C)cc4)ccc23)ccc1Cl. The Balaban J connectivity index is 1.42. The predicted octanol–water partition coefficient (Wildman–Crippen LogP) is 8.72. The standard InChI is InChI=1S/C38H45ClN2O4/c1-23(28-12-15-30(16-13-28)38(4,5)6)40-36(42)29-14-17-31-32(24(2)41(34(31)21-29)22-26-9-8-10-26)19-27-11-18-33(39)35(20-27)45-25(3)37(43)44-7/h11-18,20-21,23,25-26H,8-10,19,22H2,1-7H3,(H,40,42)/t23-,25+/m0/s1. The molecule has 1 aliphatic rings. The number of amides is 1. The third-order valence-electron chi connectivity index (χ3n) is 9.22. The summed E-state index contributed by atoms with van der Waals surface area (Å²) in [6.07, 6.45) is 3.62. The summed E-state index contributed by atoms with van der Waals surface area (Å²) in [5.74, 6) is 0.554. The van der Waals surface area contributed by atoms with E-state index in [1.165, 1.54) is 43.2 Å². The molecule has 1 amide bonds. The molecular weight excluding hydrogens is 584 g/mol. The number of ether oxygens (including phenoxy) is 2. The maximum Gasteiger partial charge on any atom is 0.346 e. The highest BCUT2D eigenvalue weighted by Gasteiger charge is 2.24. The summed E-state index contributed by atoms with van der Waals surface area (Å²) >= 11 is 6.43. The number of benzene rings is 3. The molecule has 45 heavy (non-hydrogen) atoms. The number of nitrogens with zero attached hydrogens (tertiary/aromatic N) is 1. The number of esters is 1. The average molecular weight is 629 g/mol. The lowest BCUT2D eigenvalue weighted by molar-refractivity contribution is -0.147. The topological polar surface area (TPSA) is 69.6 Å². The van der Waals surface area contributed by atoms with E-state index in [2.05, 4.69) is 67.9 Å².